The molecular weight excluding hydrogens is 188 g/mol. The lowest BCUT2D eigenvalue weighted by Crippen LogP contribution is -2.27. The van der Waals surface area contributed by atoms with Crippen molar-refractivity contribution in [1.82, 2.24) is 20.4 Å². The second kappa shape index (κ2) is 6.58. The molecule has 0 aliphatic carbocycles. The first-order chi connectivity index (χ1) is 7.27. The van der Waals surface area contributed by atoms with Crippen LogP contribution < -0.4 is 10.6 Å². The molecule has 0 saturated heterocycles. The quantitative estimate of drug-likeness (QED) is 0.657. The zero-order chi connectivity index (χ0) is 11.1. The molecule has 0 atom stereocenters. The van der Waals surface area contributed by atoms with E-state index in [4.69, 9.17) is 0 Å². The third-order valence-corrected chi connectivity index (χ3v) is 2.32. The summed E-state index contributed by atoms with van der Waals surface area (Å²) in [6.07, 6.45) is 0. The topological polar surface area (TPSA) is 41.9 Å². The van der Waals surface area contributed by atoms with E-state index in [1.165, 1.54) is 5.69 Å². The maximum atomic E-state index is 4.41. The van der Waals surface area contributed by atoms with Gasteiger partial charge in [0.05, 0.1) is 11.4 Å². The first kappa shape index (κ1) is 12.2. The monoisotopic (exact) mass is 210 g/mol. The lowest BCUT2D eigenvalue weighted by atomic mass is 10.3. The van der Waals surface area contributed by atoms with E-state index in [9.17, 15) is 0 Å². The maximum absolute atomic E-state index is 4.41. The predicted octanol–water partition coefficient (Wildman–Crippen LogP) is 0.911. The Bertz CT molecular complexity index is 280. The average Bonchev–Trinajstić information content (AvgIpc) is 2.59. The van der Waals surface area contributed by atoms with Crippen LogP contribution in [0.5, 0.6) is 0 Å². The molecule has 4 nitrogen and oxygen atoms in total. The predicted molar refractivity (Wildman–Crippen MR) is 62.9 cm³/mol. The van der Waals surface area contributed by atoms with Gasteiger partial charge in [-0.1, -0.05) is 6.92 Å². The Morgan fingerprint density at radius 3 is 2.67 bits per heavy atom. The molecule has 0 radical (unpaired) electrons. The molecule has 0 fully saturated rings. The summed E-state index contributed by atoms with van der Waals surface area (Å²) in [7, 11) is 0. The first-order valence-corrected chi connectivity index (χ1v) is 5.72. The number of aryl methyl sites for hydroxylation is 2. The van der Waals surface area contributed by atoms with Crippen LogP contribution in [0.1, 0.15) is 25.2 Å². The fraction of sp³-hybridized carbons (Fsp3) is 0.727. The van der Waals surface area contributed by atoms with E-state index in [2.05, 4.69) is 40.3 Å². The van der Waals surface area contributed by atoms with E-state index in [1.807, 2.05) is 6.92 Å². The van der Waals surface area contributed by atoms with E-state index >= 15 is 0 Å². The van der Waals surface area contributed by atoms with Crippen LogP contribution in [0.4, 0.5) is 0 Å². The van der Waals surface area contributed by atoms with Crippen molar-refractivity contribution in [1.29, 1.82) is 0 Å². The Hall–Kier alpha value is -0.870. The number of hydrogen-bond donors (Lipinski definition) is 2. The summed E-state index contributed by atoms with van der Waals surface area (Å²) in [5, 5.41) is 11.1. The number of hydrogen-bond acceptors (Lipinski definition) is 3. The molecule has 0 aliphatic heterocycles. The number of nitrogens with one attached hydrogen (secondary N) is 2. The van der Waals surface area contributed by atoms with Crippen molar-refractivity contribution in [3.05, 3.63) is 17.5 Å². The molecule has 0 saturated carbocycles. The van der Waals surface area contributed by atoms with Crippen molar-refractivity contribution in [3.8, 4) is 0 Å². The second-order valence-corrected chi connectivity index (χ2v) is 3.62. The highest BCUT2D eigenvalue weighted by atomic mass is 15.3. The molecule has 2 N–H and O–H groups in total. The zero-order valence-corrected chi connectivity index (χ0v) is 10.0. The standard InChI is InChI=1S/C11H22N4/c1-4-12-6-7-13-9-11-8-10(3)14-15(11)5-2/h8,12-13H,4-7,9H2,1-3H3. The first-order valence-electron chi connectivity index (χ1n) is 5.72. The molecule has 1 rings (SSSR count). The minimum atomic E-state index is 0.903. The maximum Gasteiger partial charge on any atom is 0.0597 e. The van der Waals surface area contributed by atoms with Gasteiger partial charge in [-0.2, -0.15) is 5.10 Å². The van der Waals surface area contributed by atoms with E-state index in [-0.39, 0.29) is 0 Å². The number of nitrogens with zero attached hydrogens (tertiary/aromatic N) is 2. The van der Waals surface area contributed by atoms with E-state index < -0.39 is 0 Å². The lowest BCUT2D eigenvalue weighted by Gasteiger charge is -2.06. The number of likely N-dealkylation sites (N-methyl/N-ethyl adjacent to an activating group) is 1. The van der Waals surface area contributed by atoms with Crippen LogP contribution in [0.15, 0.2) is 6.07 Å². The molecule has 1 aromatic heterocycles. The summed E-state index contributed by atoms with van der Waals surface area (Å²) in [6.45, 7) is 11.2. The normalized spacial score (nSPS) is 10.9. The highest BCUT2D eigenvalue weighted by Crippen LogP contribution is 2.02. The van der Waals surface area contributed by atoms with E-state index in [0.717, 1.165) is 38.4 Å². The molecule has 86 valence electrons. The van der Waals surface area contributed by atoms with Gasteiger partial charge < -0.3 is 10.6 Å². The van der Waals surface area contributed by atoms with Gasteiger partial charge in [-0.15, -0.1) is 0 Å². The van der Waals surface area contributed by atoms with Crippen LogP contribution in [0.3, 0.4) is 0 Å². The van der Waals surface area contributed by atoms with Crippen molar-refractivity contribution >= 4 is 0 Å². The molecule has 0 spiro atoms. The molecule has 1 aromatic rings. The van der Waals surface area contributed by atoms with Crippen LogP contribution in [0, 0.1) is 6.92 Å². The largest absolute Gasteiger partial charge is 0.316 e. The summed E-state index contributed by atoms with van der Waals surface area (Å²) >= 11 is 0. The Morgan fingerprint density at radius 1 is 1.27 bits per heavy atom. The zero-order valence-electron chi connectivity index (χ0n) is 10.0. The van der Waals surface area contributed by atoms with E-state index in [0.29, 0.717) is 0 Å². The van der Waals surface area contributed by atoms with Crippen molar-refractivity contribution in [2.45, 2.75) is 33.9 Å². The third kappa shape index (κ3) is 4.01. The van der Waals surface area contributed by atoms with Crippen LogP contribution >= 0.6 is 0 Å². The lowest BCUT2D eigenvalue weighted by molar-refractivity contribution is 0.567. The molecular formula is C11H22N4. The molecule has 0 amide bonds. The van der Waals surface area contributed by atoms with Crippen LogP contribution in [-0.2, 0) is 13.1 Å². The summed E-state index contributed by atoms with van der Waals surface area (Å²) in [5.74, 6) is 0. The van der Waals surface area contributed by atoms with Gasteiger partial charge in [0.25, 0.3) is 0 Å². The molecule has 0 unspecified atom stereocenters. The molecule has 0 aromatic carbocycles. The molecule has 15 heavy (non-hydrogen) atoms. The second-order valence-electron chi connectivity index (χ2n) is 3.62. The smallest absolute Gasteiger partial charge is 0.0597 e. The summed E-state index contributed by atoms with van der Waals surface area (Å²) in [4.78, 5) is 0. The van der Waals surface area contributed by atoms with E-state index in [1.54, 1.807) is 0 Å². The van der Waals surface area contributed by atoms with Crippen molar-refractivity contribution in [3.63, 3.8) is 0 Å². The minimum Gasteiger partial charge on any atom is -0.316 e. The molecule has 0 bridgehead atoms. The highest BCUT2D eigenvalue weighted by molar-refractivity contribution is 5.08. The van der Waals surface area contributed by atoms with Crippen molar-refractivity contribution in [2.24, 2.45) is 0 Å². The van der Waals surface area contributed by atoms with Crippen LogP contribution in [0.2, 0.25) is 0 Å². The minimum absolute atomic E-state index is 0.903. The summed E-state index contributed by atoms with van der Waals surface area (Å²) in [5.41, 5.74) is 2.37. The van der Waals surface area contributed by atoms with Crippen molar-refractivity contribution < 1.29 is 0 Å². The van der Waals surface area contributed by atoms with Gasteiger partial charge in [0.2, 0.25) is 0 Å². The van der Waals surface area contributed by atoms with Gasteiger partial charge in [-0.05, 0) is 26.5 Å². The Balaban J connectivity index is 2.30. The van der Waals surface area contributed by atoms with Crippen LogP contribution in [-0.4, -0.2) is 29.4 Å². The Labute approximate surface area is 92.1 Å². The van der Waals surface area contributed by atoms with Gasteiger partial charge >= 0.3 is 0 Å². The molecule has 0 aliphatic rings. The van der Waals surface area contributed by atoms with Gasteiger partial charge in [0, 0.05) is 26.2 Å². The molecule has 4 heteroatoms. The van der Waals surface area contributed by atoms with Gasteiger partial charge in [-0.3, -0.25) is 4.68 Å². The SMILES string of the molecule is CCNCCNCc1cc(C)nn1CC. The van der Waals surface area contributed by atoms with Gasteiger partial charge in [0.1, 0.15) is 0 Å². The highest BCUT2D eigenvalue weighted by Gasteiger charge is 2.02. The Morgan fingerprint density at radius 2 is 2.00 bits per heavy atom. The summed E-state index contributed by atoms with van der Waals surface area (Å²) < 4.78 is 2.05. The fourth-order valence-electron chi connectivity index (χ4n) is 1.59. The van der Waals surface area contributed by atoms with Crippen molar-refractivity contribution in [2.75, 3.05) is 19.6 Å². The molecule has 1 heterocycles. The third-order valence-electron chi connectivity index (χ3n) is 2.32. The van der Waals surface area contributed by atoms with Gasteiger partial charge in [-0.25, -0.2) is 0 Å². The Kier molecular flexibility index (Phi) is 5.36. The van der Waals surface area contributed by atoms with Gasteiger partial charge in [0.15, 0.2) is 0 Å². The average molecular weight is 210 g/mol. The fourth-order valence-corrected chi connectivity index (χ4v) is 1.59. The summed E-state index contributed by atoms with van der Waals surface area (Å²) in [6, 6.07) is 2.14. The number of rotatable bonds is 7. The van der Waals surface area contributed by atoms with Crippen LogP contribution in [0.25, 0.3) is 0 Å². The number of aromatic nitrogens is 2.